The molecule has 0 saturated heterocycles. The second kappa shape index (κ2) is 6.89. The molecule has 2 aromatic rings. The van der Waals surface area contributed by atoms with Crippen LogP contribution in [-0.4, -0.2) is 23.4 Å². The molecule has 5 nitrogen and oxygen atoms in total. The van der Waals surface area contributed by atoms with E-state index in [-0.39, 0.29) is 12.5 Å². The van der Waals surface area contributed by atoms with Crippen LogP contribution in [0.3, 0.4) is 0 Å². The van der Waals surface area contributed by atoms with Gasteiger partial charge in [0.05, 0.1) is 8.07 Å². The number of H-pyrrole nitrogens is 1. The van der Waals surface area contributed by atoms with Gasteiger partial charge >= 0.3 is 5.69 Å². The molecule has 6 heteroatoms. The number of hydrogen-bond acceptors (Lipinski definition) is 3. The Morgan fingerprint density at radius 3 is 2.50 bits per heavy atom. The van der Waals surface area contributed by atoms with Crippen molar-refractivity contribution in [1.82, 2.24) is 9.55 Å². The molecule has 0 aliphatic heterocycles. The second-order valence-corrected chi connectivity index (χ2v) is 11.3. The Labute approximate surface area is 130 Å². The number of aromatic nitrogens is 2. The lowest BCUT2D eigenvalue weighted by atomic mass is 10.2. The number of ether oxygens (including phenoxy) is 1. The first-order chi connectivity index (χ1) is 10.4. The maximum atomic E-state index is 11.6. The minimum atomic E-state index is -1.64. The Hall–Kier alpha value is -1.92. The highest BCUT2D eigenvalue weighted by molar-refractivity contribution is 6.78. The zero-order valence-electron chi connectivity index (χ0n) is 13.2. The quantitative estimate of drug-likeness (QED) is 0.828. The Morgan fingerprint density at radius 2 is 1.86 bits per heavy atom. The summed E-state index contributed by atoms with van der Waals surface area (Å²) < 4.78 is 7.25. The Kier molecular flexibility index (Phi) is 5.15. The molecule has 0 amide bonds. The molecule has 0 radical (unpaired) electrons. The molecule has 1 aromatic heterocycles. The van der Waals surface area contributed by atoms with E-state index in [4.69, 9.17) is 4.74 Å². The van der Waals surface area contributed by atoms with Crippen LogP contribution >= 0.6 is 0 Å². The number of nitrogens with zero attached hydrogens (tertiary/aromatic N) is 1. The summed E-state index contributed by atoms with van der Waals surface area (Å²) in [6.45, 7) is 6.77. The molecule has 0 bridgehead atoms. The summed E-state index contributed by atoms with van der Waals surface area (Å²) in [5.41, 5.74) is 0.567. The first-order valence-corrected chi connectivity index (χ1v) is 10.6. The van der Waals surface area contributed by atoms with Crippen LogP contribution in [0.2, 0.25) is 13.1 Å². The van der Waals surface area contributed by atoms with Crippen molar-refractivity contribution in [2.24, 2.45) is 0 Å². The van der Waals surface area contributed by atoms with E-state index in [1.54, 1.807) is 0 Å². The zero-order valence-corrected chi connectivity index (χ0v) is 14.2. The lowest BCUT2D eigenvalue weighted by Gasteiger charge is -2.30. The molecule has 0 spiro atoms. The van der Waals surface area contributed by atoms with Crippen LogP contribution in [0.25, 0.3) is 0 Å². The van der Waals surface area contributed by atoms with Gasteiger partial charge in [0.25, 0.3) is 5.56 Å². The van der Waals surface area contributed by atoms with Crippen molar-refractivity contribution < 1.29 is 4.74 Å². The first-order valence-electron chi connectivity index (χ1n) is 7.34. The summed E-state index contributed by atoms with van der Waals surface area (Å²) in [4.78, 5) is 24.9. The summed E-state index contributed by atoms with van der Waals surface area (Å²) in [6, 6.07) is 12.7. The van der Waals surface area contributed by atoms with Crippen molar-refractivity contribution in [3.63, 3.8) is 0 Å². The van der Waals surface area contributed by atoms with E-state index < -0.39 is 19.3 Å². The molecule has 2 rings (SSSR count). The number of benzene rings is 1. The highest BCUT2D eigenvalue weighted by atomic mass is 28.3. The van der Waals surface area contributed by atoms with Gasteiger partial charge in [-0.3, -0.25) is 14.3 Å². The fourth-order valence-corrected chi connectivity index (χ4v) is 4.33. The van der Waals surface area contributed by atoms with Gasteiger partial charge in [0.2, 0.25) is 0 Å². The zero-order chi connectivity index (χ0) is 16.2. The van der Waals surface area contributed by atoms with Gasteiger partial charge < -0.3 is 4.74 Å². The molecule has 22 heavy (non-hydrogen) atoms. The summed E-state index contributed by atoms with van der Waals surface area (Å²) in [5, 5.41) is 0. The maximum absolute atomic E-state index is 11.6. The Morgan fingerprint density at radius 1 is 1.18 bits per heavy atom. The van der Waals surface area contributed by atoms with Crippen LogP contribution in [0.15, 0.2) is 52.2 Å². The van der Waals surface area contributed by atoms with Crippen LogP contribution in [0.4, 0.5) is 0 Å². The average molecular weight is 318 g/mol. The topological polar surface area (TPSA) is 64.1 Å². The maximum Gasteiger partial charge on any atom is 0.330 e. The molecule has 0 aliphatic carbocycles. The number of aromatic amines is 1. The van der Waals surface area contributed by atoms with Gasteiger partial charge in [0.1, 0.15) is 6.73 Å². The molecule has 1 heterocycles. The number of hydrogen-bond donors (Lipinski definition) is 1. The van der Waals surface area contributed by atoms with E-state index in [1.807, 2.05) is 18.2 Å². The minimum Gasteiger partial charge on any atom is -0.361 e. The van der Waals surface area contributed by atoms with Crippen molar-refractivity contribution >= 4 is 8.07 Å². The third-order valence-corrected chi connectivity index (χ3v) is 7.65. The van der Waals surface area contributed by atoms with Crippen LogP contribution in [0.1, 0.15) is 12.5 Å². The first kappa shape index (κ1) is 16.4. The van der Waals surface area contributed by atoms with Gasteiger partial charge in [-0.15, -0.1) is 0 Å². The highest BCUT2D eigenvalue weighted by Crippen LogP contribution is 2.18. The SMILES string of the molecule is CC(OCn1ccc(=O)[nH]c1=O)[Si](C)(C)Cc1ccccc1. The number of nitrogens with one attached hydrogen (secondary N) is 1. The van der Waals surface area contributed by atoms with E-state index in [0.29, 0.717) is 0 Å². The molecule has 118 valence electrons. The molecule has 0 saturated carbocycles. The number of rotatable bonds is 6. The van der Waals surface area contributed by atoms with E-state index in [2.05, 4.69) is 37.1 Å². The van der Waals surface area contributed by atoms with Crippen molar-refractivity contribution in [3.05, 3.63) is 69.0 Å². The predicted octanol–water partition coefficient (Wildman–Crippen LogP) is 1.93. The minimum absolute atomic E-state index is 0.0894. The summed E-state index contributed by atoms with van der Waals surface area (Å²) in [6.07, 6.45) is 1.46. The van der Waals surface area contributed by atoms with E-state index >= 15 is 0 Å². The van der Waals surface area contributed by atoms with Gasteiger partial charge in [-0.1, -0.05) is 49.0 Å². The predicted molar refractivity (Wildman–Crippen MR) is 89.5 cm³/mol. The van der Waals surface area contributed by atoms with Gasteiger partial charge in [0, 0.05) is 18.0 Å². The highest BCUT2D eigenvalue weighted by Gasteiger charge is 2.29. The Balaban J connectivity index is 2.00. The lowest BCUT2D eigenvalue weighted by Crippen LogP contribution is -2.45. The average Bonchev–Trinajstić information content (AvgIpc) is 2.46. The van der Waals surface area contributed by atoms with E-state index in [0.717, 1.165) is 6.04 Å². The summed E-state index contributed by atoms with van der Waals surface area (Å²) in [5.74, 6) is 0. The standard InChI is InChI=1S/C16H22N2O3Si/c1-13(21-12-18-10-9-15(19)17-16(18)20)22(2,3)11-14-7-5-4-6-8-14/h4-10,13H,11-12H2,1-3H3,(H,17,19,20). The molecule has 0 fully saturated rings. The van der Waals surface area contributed by atoms with Crippen molar-refractivity contribution in [1.29, 1.82) is 0 Å². The van der Waals surface area contributed by atoms with Gasteiger partial charge in [-0.25, -0.2) is 4.79 Å². The van der Waals surface area contributed by atoms with Crippen LogP contribution < -0.4 is 11.2 Å². The summed E-state index contributed by atoms with van der Waals surface area (Å²) in [7, 11) is -1.64. The smallest absolute Gasteiger partial charge is 0.330 e. The molecule has 1 unspecified atom stereocenters. The van der Waals surface area contributed by atoms with Gasteiger partial charge in [0.15, 0.2) is 0 Å². The summed E-state index contributed by atoms with van der Waals surface area (Å²) >= 11 is 0. The molecule has 1 N–H and O–H groups in total. The fourth-order valence-electron chi connectivity index (χ4n) is 2.23. The fraction of sp³-hybridized carbons (Fsp3) is 0.375. The van der Waals surface area contributed by atoms with Crippen LogP contribution in [0.5, 0.6) is 0 Å². The van der Waals surface area contributed by atoms with Gasteiger partial charge in [-0.2, -0.15) is 0 Å². The van der Waals surface area contributed by atoms with Crippen molar-refractivity contribution in [2.75, 3.05) is 0 Å². The van der Waals surface area contributed by atoms with E-state index in [9.17, 15) is 9.59 Å². The van der Waals surface area contributed by atoms with Gasteiger partial charge in [-0.05, 0) is 13.0 Å². The monoisotopic (exact) mass is 318 g/mol. The molecule has 1 aromatic carbocycles. The normalized spacial score (nSPS) is 13.0. The second-order valence-electron chi connectivity index (χ2n) is 6.17. The van der Waals surface area contributed by atoms with Crippen molar-refractivity contribution in [3.8, 4) is 0 Å². The lowest BCUT2D eigenvalue weighted by molar-refractivity contribution is 0.0529. The van der Waals surface area contributed by atoms with Crippen molar-refractivity contribution in [2.45, 2.75) is 38.5 Å². The van der Waals surface area contributed by atoms with Crippen LogP contribution in [-0.2, 0) is 17.5 Å². The largest absolute Gasteiger partial charge is 0.361 e. The molecular formula is C16H22N2O3Si. The third-order valence-electron chi connectivity index (χ3n) is 3.96. The molecular weight excluding hydrogens is 296 g/mol. The Bertz CT molecular complexity index is 722. The molecule has 0 aliphatic rings. The van der Waals surface area contributed by atoms with Crippen LogP contribution in [0, 0.1) is 0 Å². The molecule has 1 atom stereocenters. The van der Waals surface area contributed by atoms with E-state index in [1.165, 1.54) is 22.4 Å². The third kappa shape index (κ3) is 4.28.